The number of aliphatic carboxylic acids is 1. The van der Waals surface area contributed by atoms with Crippen molar-refractivity contribution in [2.75, 3.05) is 5.75 Å². The number of halogens is 1. The highest BCUT2D eigenvalue weighted by Crippen LogP contribution is 2.42. The molecule has 1 atom stereocenters. The summed E-state index contributed by atoms with van der Waals surface area (Å²) in [6.45, 7) is 2.21. The second kappa shape index (κ2) is 5.55. The number of carboxylic acid groups (broad SMARTS) is 1. The standard InChI is InChI=1S/C14H15IN2O2S/c1-8(9-2-3-9)17-12-5-4-10(15)6-11(12)16-14(17)20-7-13(18)19/h4-6,8-9H,2-3,7H2,1H3,(H,18,19). The first-order valence-corrected chi connectivity index (χ1v) is 8.65. The van der Waals surface area contributed by atoms with Crippen LogP contribution in [0, 0.1) is 9.49 Å². The van der Waals surface area contributed by atoms with Crippen molar-refractivity contribution in [3.05, 3.63) is 21.8 Å². The maximum absolute atomic E-state index is 10.8. The van der Waals surface area contributed by atoms with Crippen LogP contribution in [-0.4, -0.2) is 26.4 Å². The van der Waals surface area contributed by atoms with Crippen LogP contribution in [0.2, 0.25) is 0 Å². The largest absolute Gasteiger partial charge is 0.481 e. The van der Waals surface area contributed by atoms with Gasteiger partial charge in [-0.2, -0.15) is 0 Å². The van der Waals surface area contributed by atoms with E-state index >= 15 is 0 Å². The third-order valence-electron chi connectivity index (χ3n) is 3.66. The molecular formula is C14H15IN2O2S. The summed E-state index contributed by atoms with van der Waals surface area (Å²) in [6.07, 6.45) is 2.52. The Balaban J connectivity index is 2.05. The van der Waals surface area contributed by atoms with Crippen LogP contribution in [0.4, 0.5) is 0 Å². The molecule has 1 aliphatic carbocycles. The molecule has 1 aromatic carbocycles. The molecule has 106 valence electrons. The van der Waals surface area contributed by atoms with Gasteiger partial charge in [-0.05, 0) is 66.5 Å². The first kappa shape index (κ1) is 14.2. The Hall–Kier alpha value is -0.760. The van der Waals surface area contributed by atoms with E-state index < -0.39 is 5.97 Å². The van der Waals surface area contributed by atoms with E-state index in [2.05, 4.69) is 57.3 Å². The molecule has 1 heterocycles. The molecule has 3 rings (SSSR count). The fourth-order valence-electron chi connectivity index (χ4n) is 2.46. The lowest BCUT2D eigenvalue weighted by Gasteiger charge is -2.16. The van der Waals surface area contributed by atoms with Crippen molar-refractivity contribution in [1.82, 2.24) is 9.55 Å². The number of aromatic nitrogens is 2. The summed E-state index contributed by atoms with van der Waals surface area (Å²) in [5.41, 5.74) is 2.06. The highest BCUT2D eigenvalue weighted by molar-refractivity contribution is 14.1. The van der Waals surface area contributed by atoms with Gasteiger partial charge in [-0.15, -0.1) is 0 Å². The third kappa shape index (κ3) is 2.81. The van der Waals surface area contributed by atoms with Crippen molar-refractivity contribution < 1.29 is 9.90 Å². The molecule has 0 bridgehead atoms. The predicted octanol–water partition coefficient (Wildman–Crippen LogP) is 3.79. The molecule has 0 aliphatic heterocycles. The summed E-state index contributed by atoms with van der Waals surface area (Å²) in [5, 5.41) is 9.71. The molecule has 2 aromatic rings. The highest BCUT2D eigenvalue weighted by Gasteiger charge is 2.31. The minimum atomic E-state index is -0.803. The lowest BCUT2D eigenvalue weighted by Crippen LogP contribution is -2.09. The average Bonchev–Trinajstić information content (AvgIpc) is 3.17. The van der Waals surface area contributed by atoms with Gasteiger partial charge in [-0.25, -0.2) is 4.98 Å². The van der Waals surface area contributed by atoms with Gasteiger partial charge in [-0.3, -0.25) is 4.79 Å². The number of carbonyl (C=O) groups is 1. The zero-order valence-electron chi connectivity index (χ0n) is 11.0. The van der Waals surface area contributed by atoms with Crippen molar-refractivity contribution in [1.29, 1.82) is 0 Å². The quantitative estimate of drug-likeness (QED) is 0.611. The molecule has 1 N–H and O–H groups in total. The Morgan fingerprint density at radius 1 is 1.60 bits per heavy atom. The van der Waals surface area contributed by atoms with Crippen LogP contribution in [-0.2, 0) is 4.79 Å². The number of fused-ring (bicyclic) bond motifs is 1. The van der Waals surface area contributed by atoms with E-state index in [9.17, 15) is 4.79 Å². The van der Waals surface area contributed by atoms with Gasteiger partial charge < -0.3 is 9.67 Å². The maximum Gasteiger partial charge on any atom is 0.313 e. The van der Waals surface area contributed by atoms with Crippen LogP contribution in [0.3, 0.4) is 0 Å². The molecule has 4 nitrogen and oxygen atoms in total. The van der Waals surface area contributed by atoms with Gasteiger partial charge in [0.05, 0.1) is 16.8 Å². The van der Waals surface area contributed by atoms with Gasteiger partial charge in [0.1, 0.15) is 0 Å². The van der Waals surface area contributed by atoms with Crippen molar-refractivity contribution in [2.45, 2.75) is 31.0 Å². The Morgan fingerprint density at radius 2 is 2.35 bits per heavy atom. The molecule has 20 heavy (non-hydrogen) atoms. The number of imidazole rings is 1. The molecule has 1 unspecified atom stereocenters. The lowest BCUT2D eigenvalue weighted by molar-refractivity contribution is -0.133. The van der Waals surface area contributed by atoms with Crippen LogP contribution in [0.5, 0.6) is 0 Å². The number of benzene rings is 1. The van der Waals surface area contributed by atoms with Gasteiger partial charge >= 0.3 is 5.97 Å². The molecule has 1 aliphatic rings. The number of hydrogen-bond donors (Lipinski definition) is 1. The summed E-state index contributed by atoms with van der Waals surface area (Å²) >= 11 is 3.58. The molecule has 0 spiro atoms. The SMILES string of the molecule is CC(C1CC1)n1c(SCC(=O)O)nc2cc(I)ccc21. The van der Waals surface area contributed by atoms with Gasteiger partial charge in [0.2, 0.25) is 0 Å². The summed E-state index contributed by atoms with van der Waals surface area (Å²) in [5.74, 6) is -0.0456. The topological polar surface area (TPSA) is 55.1 Å². The lowest BCUT2D eigenvalue weighted by atomic mass is 10.2. The maximum atomic E-state index is 10.8. The van der Waals surface area contributed by atoms with Crippen molar-refractivity contribution in [2.24, 2.45) is 5.92 Å². The number of hydrogen-bond acceptors (Lipinski definition) is 3. The number of carboxylic acids is 1. The van der Waals surface area contributed by atoms with Crippen LogP contribution in [0.25, 0.3) is 11.0 Å². The summed E-state index contributed by atoms with van der Waals surface area (Å²) < 4.78 is 3.37. The van der Waals surface area contributed by atoms with E-state index in [1.54, 1.807) is 0 Å². The minimum Gasteiger partial charge on any atom is -0.481 e. The number of nitrogens with zero attached hydrogens (tertiary/aromatic N) is 2. The molecule has 1 saturated carbocycles. The molecule has 0 amide bonds. The Kier molecular flexibility index (Phi) is 3.94. The molecular weight excluding hydrogens is 387 g/mol. The van der Waals surface area contributed by atoms with E-state index in [1.165, 1.54) is 24.6 Å². The molecule has 1 aromatic heterocycles. The monoisotopic (exact) mass is 402 g/mol. The van der Waals surface area contributed by atoms with Crippen LogP contribution >= 0.6 is 34.4 Å². The Labute approximate surface area is 135 Å². The third-order valence-corrected chi connectivity index (χ3v) is 5.26. The second-order valence-electron chi connectivity index (χ2n) is 5.16. The van der Waals surface area contributed by atoms with Gasteiger partial charge in [-0.1, -0.05) is 11.8 Å². The summed E-state index contributed by atoms with van der Waals surface area (Å²) in [4.78, 5) is 15.4. The molecule has 1 fully saturated rings. The fourth-order valence-corrected chi connectivity index (χ4v) is 3.75. The van der Waals surface area contributed by atoms with Gasteiger partial charge in [0.15, 0.2) is 5.16 Å². The first-order valence-electron chi connectivity index (χ1n) is 6.58. The second-order valence-corrected chi connectivity index (χ2v) is 7.35. The predicted molar refractivity (Wildman–Crippen MR) is 88.2 cm³/mol. The van der Waals surface area contributed by atoms with E-state index in [0.717, 1.165) is 19.8 Å². The van der Waals surface area contributed by atoms with Crippen LogP contribution in [0.15, 0.2) is 23.4 Å². The van der Waals surface area contributed by atoms with Crippen LogP contribution in [0.1, 0.15) is 25.8 Å². The molecule has 0 saturated heterocycles. The van der Waals surface area contributed by atoms with Crippen LogP contribution < -0.4 is 0 Å². The first-order chi connectivity index (χ1) is 9.56. The highest BCUT2D eigenvalue weighted by atomic mass is 127. The van der Waals surface area contributed by atoms with Crippen molar-refractivity contribution in [3.8, 4) is 0 Å². The zero-order valence-corrected chi connectivity index (χ0v) is 14.0. The number of thioether (sulfide) groups is 1. The van der Waals surface area contributed by atoms with Gasteiger partial charge in [0.25, 0.3) is 0 Å². The summed E-state index contributed by atoms with van der Waals surface area (Å²) in [7, 11) is 0. The van der Waals surface area contributed by atoms with Gasteiger partial charge in [0, 0.05) is 9.61 Å². The summed E-state index contributed by atoms with van der Waals surface area (Å²) in [6, 6.07) is 6.60. The van der Waals surface area contributed by atoms with E-state index in [1.807, 2.05) is 0 Å². The Morgan fingerprint density at radius 3 is 3.00 bits per heavy atom. The van der Waals surface area contributed by atoms with Crippen molar-refractivity contribution in [3.63, 3.8) is 0 Å². The molecule has 0 radical (unpaired) electrons. The normalized spacial score (nSPS) is 16.5. The average molecular weight is 402 g/mol. The van der Waals surface area contributed by atoms with E-state index in [4.69, 9.17) is 5.11 Å². The fraction of sp³-hybridized carbons (Fsp3) is 0.429. The number of rotatable bonds is 5. The van der Waals surface area contributed by atoms with Crippen molar-refractivity contribution >= 4 is 51.4 Å². The van der Waals surface area contributed by atoms with E-state index in [0.29, 0.717) is 12.0 Å². The zero-order chi connectivity index (χ0) is 14.3. The smallest absolute Gasteiger partial charge is 0.313 e. The molecule has 6 heteroatoms. The Bertz CT molecular complexity index is 666. The van der Waals surface area contributed by atoms with E-state index in [-0.39, 0.29) is 5.75 Å². The minimum absolute atomic E-state index is 0.0534.